The first-order valence-electron chi connectivity index (χ1n) is 4.60. The minimum atomic E-state index is -0.0652. The molecular formula is C9H17NO2. The molecule has 1 rings (SSSR count). The summed E-state index contributed by atoms with van der Waals surface area (Å²) in [6.07, 6.45) is 2.64. The van der Waals surface area contributed by atoms with Crippen molar-refractivity contribution in [3.8, 4) is 0 Å². The van der Waals surface area contributed by atoms with Gasteiger partial charge in [0.1, 0.15) is 6.10 Å². The van der Waals surface area contributed by atoms with Crippen LogP contribution in [0.25, 0.3) is 0 Å². The maximum Gasteiger partial charge on any atom is 0.305 e. The lowest BCUT2D eigenvalue weighted by atomic mass is 10.1. The topological polar surface area (TPSA) is 29.5 Å². The molecule has 12 heavy (non-hydrogen) atoms. The third-order valence-electron chi connectivity index (χ3n) is 2.25. The van der Waals surface area contributed by atoms with Crippen molar-refractivity contribution in [1.82, 2.24) is 4.90 Å². The second-order valence-corrected chi connectivity index (χ2v) is 3.35. The number of carbonyl (C=O) groups is 1. The van der Waals surface area contributed by atoms with Crippen LogP contribution in [0.3, 0.4) is 0 Å². The van der Waals surface area contributed by atoms with Crippen LogP contribution >= 0.6 is 0 Å². The van der Waals surface area contributed by atoms with E-state index >= 15 is 0 Å². The second-order valence-electron chi connectivity index (χ2n) is 3.35. The van der Waals surface area contributed by atoms with E-state index in [1.165, 1.54) is 0 Å². The van der Waals surface area contributed by atoms with Crippen molar-refractivity contribution in [3.05, 3.63) is 0 Å². The predicted octanol–water partition coefficient (Wildman–Crippen LogP) is 1.03. The number of ether oxygens (including phenoxy) is 1. The number of hydrogen-bond acceptors (Lipinski definition) is 3. The van der Waals surface area contributed by atoms with E-state index in [2.05, 4.69) is 11.9 Å². The molecule has 0 aromatic carbocycles. The summed E-state index contributed by atoms with van der Waals surface area (Å²) in [4.78, 5) is 13.2. The highest BCUT2D eigenvalue weighted by atomic mass is 16.5. The molecule has 1 saturated heterocycles. The molecule has 0 aromatic rings. The molecular weight excluding hydrogens is 156 g/mol. The number of likely N-dealkylation sites (tertiary alicyclic amines) is 1. The molecule has 0 aromatic heterocycles. The molecule has 0 N–H and O–H groups in total. The van der Waals surface area contributed by atoms with Crippen molar-refractivity contribution in [2.75, 3.05) is 20.1 Å². The van der Waals surface area contributed by atoms with Crippen LogP contribution in [-0.2, 0) is 9.53 Å². The third kappa shape index (κ3) is 2.81. The lowest BCUT2D eigenvalue weighted by molar-refractivity contribution is -0.150. The molecule has 0 bridgehead atoms. The summed E-state index contributed by atoms with van der Waals surface area (Å²) in [5, 5.41) is 0. The molecule has 3 heteroatoms. The molecule has 0 spiro atoms. The Morgan fingerprint density at radius 1 is 1.58 bits per heavy atom. The normalized spacial score (nSPS) is 20.8. The van der Waals surface area contributed by atoms with Gasteiger partial charge in [-0.15, -0.1) is 0 Å². The Morgan fingerprint density at radius 2 is 2.17 bits per heavy atom. The zero-order chi connectivity index (χ0) is 8.97. The van der Waals surface area contributed by atoms with Crippen molar-refractivity contribution in [3.63, 3.8) is 0 Å². The van der Waals surface area contributed by atoms with E-state index in [-0.39, 0.29) is 12.1 Å². The molecule has 0 aliphatic carbocycles. The van der Waals surface area contributed by atoms with Gasteiger partial charge in [-0.2, -0.15) is 0 Å². The van der Waals surface area contributed by atoms with Gasteiger partial charge < -0.3 is 9.64 Å². The number of esters is 1. The van der Waals surface area contributed by atoms with E-state index in [0.717, 1.165) is 25.9 Å². The summed E-state index contributed by atoms with van der Waals surface area (Å²) in [7, 11) is 2.10. The fourth-order valence-electron chi connectivity index (χ4n) is 1.37. The maximum atomic E-state index is 10.9. The monoisotopic (exact) mass is 173 g/mol. The molecule has 1 fully saturated rings. The van der Waals surface area contributed by atoms with Gasteiger partial charge in [0.15, 0.2) is 0 Å². The number of carbonyl (C=O) groups excluding carboxylic acids is 1. The van der Waals surface area contributed by atoms with Crippen LogP contribution < -0.4 is 0 Å². The van der Waals surface area contributed by atoms with Crippen molar-refractivity contribution >= 4 is 5.97 Å². The van der Waals surface area contributed by atoms with Gasteiger partial charge in [0, 0.05) is 19.5 Å². The van der Waals surface area contributed by atoms with Gasteiger partial charge in [0.05, 0.1) is 0 Å². The highest BCUT2D eigenvalue weighted by molar-refractivity contribution is 5.69. The molecule has 0 radical (unpaired) electrons. The van der Waals surface area contributed by atoms with Crippen LogP contribution in [0.5, 0.6) is 0 Å². The van der Waals surface area contributed by atoms with Gasteiger partial charge in [0.25, 0.3) is 0 Å². The SMILES string of the molecule is CCC(=O)OC1CCN([14CH3])CC1. The summed E-state index contributed by atoms with van der Waals surface area (Å²) in [5.41, 5.74) is 0. The Bertz CT molecular complexity index is 151. The quantitative estimate of drug-likeness (QED) is 0.584. The standard InChI is InChI=1S/C9H17NO2/c1-3-9(11)12-8-4-6-10(2)7-5-8/h8H,3-7H2,1-2H3/i2+2. The number of hydrogen-bond donors (Lipinski definition) is 0. The van der Waals surface area contributed by atoms with Crippen LogP contribution in [0.15, 0.2) is 0 Å². The smallest absolute Gasteiger partial charge is 0.305 e. The molecule has 3 nitrogen and oxygen atoms in total. The van der Waals surface area contributed by atoms with E-state index in [4.69, 9.17) is 4.74 Å². The Kier molecular flexibility index (Phi) is 3.53. The first kappa shape index (κ1) is 9.52. The Morgan fingerprint density at radius 3 is 2.67 bits per heavy atom. The summed E-state index contributed by atoms with van der Waals surface area (Å²) in [6.45, 7) is 3.92. The Hall–Kier alpha value is -0.570. The van der Waals surface area contributed by atoms with Crippen molar-refractivity contribution in [2.24, 2.45) is 0 Å². The van der Waals surface area contributed by atoms with Crippen LogP contribution in [0.2, 0.25) is 0 Å². The maximum absolute atomic E-state index is 10.9. The summed E-state index contributed by atoms with van der Waals surface area (Å²) in [6, 6.07) is 0. The van der Waals surface area contributed by atoms with Crippen LogP contribution in [0.4, 0.5) is 0 Å². The van der Waals surface area contributed by atoms with Crippen molar-refractivity contribution < 1.29 is 9.53 Å². The average Bonchev–Trinajstić information content (AvgIpc) is 2.09. The number of nitrogens with zero attached hydrogens (tertiary/aromatic N) is 1. The van der Waals surface area contributed by atoms with Gasteiger partial charge in [-0.25, -0.2) is 0 Å². The number of rotatable bonds is 2. The Labute approximate surface area is 73.7 Å². The highest BCUT2D eigenvalue weighted by Crippen LogP contribution is 2.12. The zero-order valence-electron chi connectivity index (χ0n) is 7.88. The van der Waals surface area contributed by atoms with E-state index in [1.54, 1.807) is 0 Å². The van der Waals surface area contributed by atoms with Crippen LogP contribution in [0, 0.1) is 0 Å². The highest BCUT2D eigenvalue weighted by Gasteiger charge is 2.19. The van der Waals surface area contributed by atoms with E-state index in [9.17, 15) is 4.79 Å². The molecule has 0 saturated carbocycles. The summed E-state index contributed by atoms with van der Waals surface area (Å²) in [5.74, 6) is -0.0652. The van der Waals surface area contributed by atoms with Crippen LogP contribution in [0.1, 0.15) is 26.2 Å². The molecule has 0 unspecified atom stereocenters. The predicted molar refractivity (Wildman–Crippen MR) is 46.9 cm³/mol. The summed E-state index contributed by atoms with van der Waals surface area (Å²) >= 11 is 0. The minimum Gasteiger partial charge on any atom is -0.462 e. The fraction of sp³-hybridized carbons (Fsp3) is 0.889. The zero-order valence-corrected chi connectivity index (χ0v) is 7.88. The molecule has 0 atom stereocenters. The molecule has 0 amide bonds. The van der Waals surface area contributed by atoms with E-state index in [0.29, 0.717) is 6.42 Å². The van der Waals surface area contributed by atoms with Gasteiger partial charge in [-0.1, -0.05) is 6.92 Å². The van der Waals surface area contributed by atoms with E-state index < -0.39 is 0 Å². The van der Waals surface area contributed by atoms with E-state index in [1.807, 2.05) is 6.92 Å². The summed E-state index contributed by atoms with van der Waals surface area (Å²) < 4.78 is 5.22. The first-order valence-corrected chi connectivity index (χ1v) is 4.60. The number of piperidine rings is 1. The second kappa shape index (κ2) is 4.45. The van der Waals surface area contributed by atoms with Crippen LogP contribution in [-0.4, -0.2) is 37.1 Å². The molecule has 1 heterocycles. The Balaban J connectivity index is 2.21. The third-order valence-corrected chi connectivity index (χ3v) is 2.25. The fourth-order valence-corrected chi connectivity index (χ4v) is 1.37. The first-order chi connectivity index (χ1) is 5.72. The largest absolute Gasteiger partial charge is 0.462 e. The van der Waals surface area contributed by atoms with Gasteiger partial charge in [-0.3, -0.25) is 4.79 Å². The molecule has 1 aliphatic heterocycles. The average molecular weight is 173 g/mol. The lowest BCUT2D eigenvalue weighted by Gasteiger charge is -2.28. The lowest BCUT2D eigenvalue weighted by Crippen LogP contribution is -2.35. The van der Waals surface area contributed by atoms with Gasteiger partial charge in [0.2, 0.25) is 0 Å². The minimum absolute atomic E-state index is 0.0652. The van der Waals surface area contributed by atoms with Crippen molar-refractivity contribution in [2.45, 2.75) is 32.3 Å². The van der Waals surface area contributed by atoms with Gasteiger partial charge >= 0.3 is 5.97 Å². The molecule has 1 aliphatic rings. The molecule has 70 valence electrons. The van der Waals surface area contributed by atoms with Gasteiger partial charge in [-0.05, 0) is 19.9 Å². The van der Waals surface area contributed by atoms with Crippen molar-refractivity contribution in [1.29, 1.82) is 0 Å².